The molecule has 0 atom stereocenters. The minimum atomic E-state index is -2.42. The van der Waals surface area contributed by atoms with Crippen molar-refractivity contribution in [1.82, 2.24) is 9.97 Å². The topological polar surface area (TPSA) is 25.8 Å². The maximum absolute atomic E-state index is 8.89. The Bertz CT molecular complexity index is 2660. The van der Waals surface area contributed by atoms with Crippen LogP contribution in [0.5, 0.6) is 0 Å². The largest absolute Gasteiger partial charge is 0 e. The molecule has 2 nitrogen and oxygen atoms in total. The zero-order valence-corrected chi connectivity index (χ0v) is 35.8. The molecule has 0 aliphatic heterocycles. The zero-order valence-electron chi connectivity index (χ0n) is 35.5. The van der Waals surface area contributed by atoms with Crippen molar-refractivity contribution < 1.29 is 27.0 Å². The molecule has 8 aromatic rings. The van der Waals surface area contributed by atoms with Gasteiger partial charge in [-0.15, -0.1) is 23.8 Å². The predicted molar refractivity (Wildman–Crippen MR) is 225 cm³/mol. The van der Waals surface area contributed by atoms with Crippen molar-refractivity contribution in [2.45, 2.75) is 49.8 Å². The summed E-state index contributed by atoms with van der Waals surface area (Å²) in [4.78, 5) is 9.30. The second-order valence-electron chi connectivity index (χ2n) is 14.5. The molecule has 0 aliphatic rings. The van der Waals surface area contributed by atoms with E-state index < -0.39 is 26.5 Å². The van der Waals surface area contributed by atoms with Crippen LogP contribution in [0.3, 0.4) is 0 Å². The van der Waals surface area contributed by atoms with Gasteiger partial charge in [-0.05, 0) is 39.0 Å². The van der Waals surface area contributed by atoms with E-state index in [1.165, 1.54) is 37.4 Å². The number of hydrogen-bond acceptors (Lipinski definition) is 3. The molecule has 53 heavy (non-hydrogen) atoms. The predicted octanol–water partition coefficient (Wildman–Crippen LogP) is 12.2. The van der Waals surface area contributed by atoms with Crippen molar-refractivity contribution in [3.8, 4) is 22.5 Å². The summed E-state index contributed by atoms with van der Waals surface area (Å²) in [6.45, 7) is 2.36. The Labute approximate surface area is 342 Å². The van der Waals surface area contributed by atoms with Crippen LogP contribution in [0.2, 0.25) is 17.3 Å². The third kappa shape index (κ3) is 8.63. The normalized spacial score (nSPS) is 13.4. The fraction of sp³-hybridized carbons (Fsp3) is 0.167. The number of nitrogens with zero attached hydrogens (tertiary/aromatic N) is 2. The molecule has 0 N–H and O–H groups in total. The smallest absolute Gasteiger partial charge is 0 e. The van der Waals surface area contributed by atoms with Crippen molar-refractivity contribution in [1.29, 1.82) is 0 Å². The minimum Gasteiger partial charge on any atom is 0 e. The fourth-order valence-electron chi connectivity index (χ4n) is 6.42. The molecular weight excluding hydrogens is 901 g/mol. The first-order valence-electron chi connectivity index (χ1n) is 20.0. The van der Waals surface area contributed by atoms with Gasteiger partial charge in [-0.25, -0.2) is 0 Å². The van der Waals surface area contributed by atoms with Crippen molar-refractivity contribution in [3.63, 3.8) is 0 Å². The van der Waals surface area contributed by atoms with Crippen LogP contribution in [0, 0.1) is 19.0 Å². The Morgan fingerprint density at radius 2 is 1.49 bits per heavy atom. The number of aromatic nitrogens is 2. The first-order chi connectivity index (χ1) is 27.0. The number of rotatable bonds is 7. The average molecular weight is 951 g/mol. The van der Waals surface area contributed by atoms with Crippen LogP contribution in [-0.2, 0) is 31.9 Å². The molecule has 8 rings (SSSR count). The minimum absolute atomic E-state index is 0. The summed E-state index contributed by atoms with van der Waals surface area (Å²) in [5.41, 5.74) is 7.24. The molecule has 3 heterocycles. The molecule has 3 aromatic heterocycles. The van der Waals surface area contributed by atoms with E-state index in [9.17, 15) is 0 Å². The van der Waals surface area contributed by atoms with Crippen LogP contribution >= 0.6 is 11.3 Å². The number of hydrogen-bond donors (Lipinski definition) is 0. The average Bonchev–Trinajstić information content (AvgIpc) is 3.60. The number of thiophene rings is 1. The van der Waals surface area contributed by atoms with Gasteiger partial charge in [-0.2, -0.15) is 11.3 Å². The quantitative estimate of drug-likeness (QED) is 0.118. The van der Waals surface area contributed by atoms with Crippen LogP contribution in [0.4, 0.5) is 0 Å². The molecule has 0 amide bonds. The molecular formula is C48H44GeIrN2S-2. The van der Waals surface area contributed by atoms with E-state index in [0.717, 1.165) is 15.7 Å². The Balaban J connectivity index is 0.000000192. The molecule has 0 saturated heterocycles. The second kappa shape index (κ2) is 16.4. The van der Waals surface area contributed by atoms with Crippen LogP contribution in [-0.4, -0.2) is 23.2 Å². The number of fused-ring (bicyclic) bond motifs is 3. The summed E-state index contributed by atoms with van der Waals surface area (Å²) in [6, 6.07) is 49.9. The van der Waals surface area contributed by atoms with Crippen molar-refractivity contribution in [3.05, 3.63) is 186 Å². The van der Waals surface area contributed by atoms with E-state index in [1.54, 1.807) is 36.5 Å². The van der Waals surface area contributed by atoms with Crippen molar-refractivity contribution in [2.75, 3.05) is 0 Å². The standard InChI is InChI=1S/C26H20NS.C22H24GeN.Ir/c1-26(2,18-9-4-3-5-10-18)19-15-16-27-23(17-19)22-13-8-12-21-20-11-6-7-14-24(20)28-25(21)22;1-17-10-12-19(13-11-17)22-15-20(14-18-8-6-5-7-9-18)21(16-24-22)23(2,3)4;/h3-12,14-17H,1-2H3;5-12,15-16H,14H2,1-4H3;/q2*-1;/i;1D3,14D2;. The molecule has 0 aliphatic carbocycles. The van der Waals surface area contributed by atoms with Gasteiger partial charge in [-0.1, -0.05) is 73.8 Å². The van der Waals surface area contributed by atoms with E-state index in [-0.39, 0.29) is 31.1 Å². The summed E-state index contributed by atoms with van der Waals surface area (Å²) >= 11 is -0.594. The van der Waals surface area contributed by atoms with E-state index >= 15 is 0 Å². The summed E-state index contributed by atoms with van der Waals surface area (Å²) in [7, 11) is 0. The first kappa shape index (κ1) is 32.3. The zero-order chi connectivity index (χ0) is 40.6. The van der Waals surface area contributed by atoms with Crippen molar-refractivity contribution in [2.24, 2.45) is 0 Å². The van der Waals surface area contributed by atoms with Gasteiger partial charge in [0, 0.05) is 36.4 Å². The Hall–Kier alpha value is -4.19. The van der Waals surface area contributed by atoms with Gasteiger partial charge in [0.05, 0.1) is 0 Å². The van der Waals surface area contributed by atoms with E-state index in [1.807, 2.05) is 41.8 Å². The molecule has 267 valence electrons. The molecule has 5 aromatic carbocycles. The summed E-state index contributed by atoms with van der Waals surface area (Å²) in [5.74, 6) is 6.66. The van der Waals surface area contributed by atoms with Gasteiger partial charge in [0.15, 0.2) is 0 Å². The molecule has 0 fully saturated rings. The van der Waals surface area contributed by atoms with Crippen LogP contribution in [0.25, 0.3) is 42.7 Å². The van der Waals surface area contributed by atoms with Gasteiger partial charge < -0.3 is 4.98 Å². The maximum Gasteiger partial charge on any atom is 0 e. The maximum atomic E-state index is 8.89. The Morgan fingerprint density at radius 1 is 0.755 bits per heavy atom. The Morgan fingerprint density at radius 3 is 2.21 bits per heavy atom. The molecule has 0 unspecified atom stereocenters. The number of benzene rings is 5. The third-order valence-corrected chi connectivity index (χ3v) is 14.9. The monoisotopic (exact) mass is 952 g/mol. The van der Waals surface area contributed by atoms with Crippen LogP contribution < -0.4 is 4.40 Å². The van der Waals surface area contributed by atoms with Gasteiger partial charge in [0.25, 0.3) is 0 Å². The van der Waals surface area contributed by atoms with Crippen LogP contribution in [0.15, 0.2) is 146 Å². The summed E-state index contributed by atoms with van der Waals surface area (Å²) in [5, 5.41) is 2.59. The van der Waals surface area contributed by atoms with E-state index in [0.29, 0.717) is 22.4 Å². The van der Waals surface area contributed by atoms with Gasteiger partial charge in [-0.3, -0.25) is 0 Å². The number of aryl methyl sites for hydroxylation is 1. The first-order valence-corrected chi connectivity index (χ1v) is 25.6. The Kier molecular flexibility index (Phi) is 10.0. The SMILES string of the molecule is CC(C)(c1ccccc1)c1ccnc(-c2[c-]ccc3c2sc2ccccc23)c1.[2H]C([2H])([2H])c1c[c-]c(-c2cc(C([2H])([2H])c3ccccc3)[c]([Ge]([CH3])([CH3])[CH3])cn2)cc1.[Ir]. The fourth-order valence-corrected chi connectivity index (χ4v) is 10.6. The van der Waals surface area contributed by atoms with Gasteiger partial charge in [0.2, 0.25) is 0 Å². The molecule has 0 saturated carbocycles. The molecule has 0 bridgehead atoms. The van der Waals surface area contributed by atoms with Crippen LogP contribution in [0.1, 0.15) is 48.5 Å². The summed E-state index contributed by atoms with van der Waals surface area (Å²) in [6.07, 6.45) is 2.07. The third-order valence-electron chi connectivity index (χ3n) is 9.43. The molecule has 1 radical (unpaired) electrons. The second-order valence-corrected chi connectivity index (χ2v) is 26.1. The summed E-state index contributed by atoms with van der Waals surface area (Å²) < 4.78 is 43.9. The molecule has 0 spiro atoms. The van der Waals surface area contributed by atoms with E-state index in [2.05, 4.69) is 121 Å². The van der Waals surface area contributed by atoms with Gasteiger partial charge >= 0.3 is 155 Å². The van der Waals surface area contributed by atoms with Gasteiger partial charge in [0.1, 0.15) is 0 Å². The van der Waals surface area contributed by atoms with Crippen molar-refractivity contribution >= 4 is 49.2 Å². The van der Waals surface area contributed by atoms with E-state index in [4.69, 9.17) is 11.8 Å². The number of pyridine rings is 2. The molecule has 5 heteroatoms.